The molecule has 184 valence electrons. The molecule has 1 aliphatic rings. The Balaban J connectivity index is 1.25. The van der Waals surface area contributed by atoms with Gasteiger partial charge in [-0.15, -0.1) is 0 Å². The Hall–Kier alpha value is -4.26. The third kappa shape index (κ3) is 5.03. The Morgan fingerprint density at radius 1 is 0.838 bits per heavy atom. The molecule has 0 unspecified atom stereocenters. The molecule has 0 bridgehead atoms. The van der Waals surface area contributed by atoms with Crippen LogP contribution < -0.4 is 10.6 Å². The molecule has 37 heavy (non-hydrogen) atoms. The molecule has 2 N–H and O–H groups in total. The topological polar surface area (TPSA) is 70.4 Å². The van der Waals surface area contributed by atoms with Crippen molar-refractivity contribution in [2.75, 3.05) is 31.5 Å². The molecule has 6 heteroatoms. The first-order valence-electron chi connectivity index (χ1n) is 12.6. The van der Waals surface area contributed by atoms with Gasteiger partial charge in [0.15, 0.2) is 5.58 Å². The summed E-state index contributed by atoms with van der Waals surface area (Å²) in [5, 5.41) is 6.45. The summed E-state index contributed by atoms with van der Waals surface area (Å²) in [6, 6.07) is 31.5. The van der Waals surface area contributed by atoms with Crippen LogP contribution in [-0.4, -0.2) is 42.0 Å². The Morgan fingerprint density at radius 2 is 1.57 bits per heavy atom. The predicted octanol–water partition coefficient (Wildman–Crippen LogP) is 5.82. The second-order valence-electron chi connectivity index (χ2n) is 9.25. The van der Waals surface area contributed by atoms with Crippen LogP contribution in [0.5, 0.6) is 0 Å². The maximum Gasteiger partial charge on any atom is 0.255 e. The number of oxazole rings is 1. The number of carbonyl (C=O) groups is 1. The van der Waals surface area contributed by atoms with Crippen LogP contribution in [0.1, 0.15) is 15.9 Å². The first-order chi connectivity index (χ1) is 18.2. The van der Waals surface area contributed by atoms with Crippen molar-refractivity contribution in [3.05, 3.63) is 108 Å². The van der Waals surface area contributed by atoms with Gasteiger partial charge in [0.2, 0.25) is 5.89 Å². The minimum absolute atomic E-state index is 0.178. The highest BCUT2D eigenvalue weighted by Crippen LogP contribution is 2.32. The third-order valence-corrected chi connectivity index (χ3v) is 6.77. The summed E-state index contributed by atoms with van der Waals surface area (Å²) in [7, 11) is 0. The van der Waals surface area contributed by atoms with Crippen LogP contribution in [0.4, 0.5) is 5.69 Å². The zero-order valence-corrected chi connectivity index (χ0v) is 20.5. The summed E-state index contributed by atoms with van der Waals surface area (Å²) in [4.78, 5) is 20.4. The molecule has 0 aliphatic carbocycles. The van der Waals surface area contributed by atoms with Gasteiger partial charge in [-0.25, -0.2) is 4.98 Å². The van der Waals surface area contributed by atoms with Gasteiger partial charge < -0.3 is 15.1 Å². The Bertz CT molecular complexity index is 1520. The number of hydrogen-bond acceptors (Lipinski definition) is 5. The molecule has 0 spiro atoms. The first-order valence-corrected chi connectivity index (χ1v) is 12.6. The van der Waals surface area contributed by atoms with Crippen molar-refractivity contribution in [1.82, 2.24) is 15.2 Å². The van der Waals surface area contributed by atoms with E-state index in [-0.39, 0.29) is 5.91 Å². The quantitative estimate of drug-likeness (QED) is 0.315. The van der Waals surface area contributed by atoms with Crippen LogP contribution in [0.25, 0.3) is 33.7 Å². The van der Waals surface area contributed by atoms with Gasteiger partial charge in [0.25, 0.3) is 5.91 Å². The maximum absolute atomic E-state index is 13.1. The summed E-state index contributed by atoms with van der Waals surface area (Å²) < 4.78 is 6.18. The van der Waals surface area contributed by atoms with E-state index in [1.54, 1.807) is 0 Å². The number of nitrogens with one attached hydrogen (secondary N) is 2. The number of amides is 1. The minimum Gasteiger partial charge on any atom is -0.436 e. The molecular weight excluding hydrogens is 460 g/mol. The molecule has 1 amide bonds. The molecule has 2 heterocycles. The summed E-state index contributed by atoms with van der Waals surface area (Å²) in [5.74, 6) is 0.320. The van der Waals surface area contributed by atoms with E-state index in [1.807, 2.05) is 78.9 Å². The number of benzene rings is 4. The number of hydrogen-bond donors (Lipinski definition) is 2. The number of nitrogens with zero attached hydrogens (tertiary/aromatic N) is 2. The number of anilines is 1. The standard InChI is InChI=1S/C31H28N4O2/c36-30(24-15-13-23(14-16-24)22-7-2-1-3-8-22)33-27-11-5-4-10-26(27)31-34-29-25(9-6-12-28(29)37-31)21-35-19-17-32-18-20-35/h1-16,32H,17-21H2,(H,33,36). The maximum atomic E-state index is 13.1. The van der Waals surface area contributed by atoms with E-state index in [0.29, 0.717) is 17.1 Å². The van der Waals surface area contributed by atoms with Gasteiger partial charge in [0, 0.05) is 38.3 Å². The summed E-state index contributed by atoms with van der Waals surface area (Å²) in [5.41, 5.74) is 6.96. The smallest absolute Gasteiger partial charge is 0.255 e. The molecule has 6 rings (SSSR count). The van der Waals surface area contributed by atoms with Crippen molar-refractivity contribution in [3.8, 4) is 22.6 Å². The fourth-order valence-corrected chi connectivity index (χ4v) is 4.78. The van der Waals surface area contributed by atoms with Crippen molar-refractivity contribution < 1.29 is 9.21 Å². The van der Waals surface area contributed by atoms with E-state index >= 15 is 0 Å². The molecule has 1 aromatic heterocycles. The fraction of sp³-hybridized carbons (Fsp3) is 0.161. The highest BCUT2D eigenvalue weighted by atomic mass is 16.3. The number of para-hydroxylation sites is 2. The van der Waals surface area contributed by atoms with Crippen LogP contribution in [0, 0.1) is 0 Å². The normalized spacial score (nSPS) is 14.1. The zero-order valence-electron chi connectivity index (χ0n) is 20.5. The van der Waals surface area contributed by atoms with Crippen molar-refractivity contribution in [2.45, 2.75) is 6.54 Å². The van der Waals surface area contributed by atoms with E-state index in [4.69, 9.17) is 9.40 Å². The highest BCUT2D eigenvalue weighted by molar-refractivity contribution is 6.06. The van der Waals surface area contributed by atoms with E-state index in [0.717, 1.165) is 66.1 Å². The van der Waals surface area contributed by atoms with Gasteiger partial charge in [0.05, 0.1) is 11.3 Å². The monoisotopic (exact) mass is 488 g/mol. The average molecular weight is 489 g/mol. The van der Waals surface area contributed by atoms with E-state index in [9.17, 15) is 4.79 Å². The molecule has 5 aromatic rings. The largest absolute Gasteiger partial charge is 0.436 e. The predicted molar refractivity (Wildman–Crippen MR) is 147 cm³/mol. The van der Waals surface area contributed by atoms with Gasteiger partial charge in [-0.3, -0.25) is 9.69 Å². The van der Waals surface area contributed by atoms with Crippen LogP contribution in [0.3, 0.4) is 0 Å². The van der Waals surface area contributed by atoms with Crippen LogP contribution >= 0.6 is 0 Å². The molecule has 1 fully saturated rings. The van der Waals surface area contributed by atoms with Crippen molar-refractivity contribution in [3.63, 3.8) is 0 Å². The van der Waals surface area contributed by atoms with E-state index < -0.39 is 0 Å². The lowest BCUT2D eigenvalue weighted by Crippen LogP contribution is -2.42. The average Bonchev–Trinajstić information content (AvgIpc) is 3.40. The van der Waals surface area contributed by atoms with Crippen LogP contribution in [-0.2, 0) is 6.54 Å². The van der Waals surface area contributed by atoms with Crippen LogP contribution in [0.15, 0.2) is 101 Å². The molecular formula is C31H28N4O2. The van der Waals surface area contributed by atoms with Gasteiger partial charge in [-0.05, 0) is 47.0 Å². The molecule has 1 saturated heterocycles. The second kappa shape index (κ2) is 10.4. The van der Waals surface area contributed by atoms with Gasteiger partial charge in [-0.1, -0.05) is 66.7 Å². The highest BCUT2D eigenvalue weighted by Gasteiger charge is 2.18. The SMILES string of the molecule is O=C(Nc1ccccc1-c1nc2c(CN3CCNCC3)cccc2o1)c1ccc(-c2ccccc2)cc1. The first kappa shape index (κ1) is 23.2. The molecule has 1 aliphatic heterocycles. The van der Waals surface area contributed by atoms with Crippen LogP contribution in [0.2, 0.25) is 0 Å². The second-order valence-corrected chi connectivity index (χ2v) is 9.25. The Kier molecular flexibility index (Phi) is 6.50. The Labute approximate surface area is 216 Å². The lowest BCUT2D eigenvalue weighted by Gasteiger charge is -2.27. The number of carbonyl (C=O) groups excluding carboxylic acids is 1. The fourth-order valence-electron chi connectivity index (χ4n) is 4.78. The lowest BCUT2D eigenvalue weighted by atomic mass is 10.0. The van der Waals surface area contributed by atoms with Gasteiger partial charge in [0.1, 0.15) is 5.52 Å². The van der Waals surface area contributed by atoms with E-state index in [1.165, 1.54) is 0 Å². The van der Waals surface area contributed by atoms with Crippen molar-refractivity contribution in [2.24, 2.45) is 0 Å². The molecule has 0 radical (unpaired) electrons. The molecule has 0 atom stereocenters. The number of rotatable bonds is 6. The summed E-state index contributed by atoms with van der Waals surface area (Å²) in [6.45, 7) is 4.87. The number of piperazine rings is 1. The summed E-state index contributed by atoms with van der Waals surface area (Å²) >= 11 is 0. The molecule has 4 aromatic carbocycles. The number of aromatic nitrogens is 1. The molecule has 6 nitrogen and oxygen atoms in total. The Morgan fingerprint density at radius 3 is 2.38 bits per heavy atom. The minimum atomic E-state index is -0.178. The van der Waals surface area contributed by atoms with Crippen molar-refractivity contribution >= 4 is 22.7 Å². The third-order valence-electron chi connectivity index (χ3n) is 6.77. The van der Waals surface area contributed by atoms with Gasteiger partial charge >= 0.3 is 0 Å². The van der Waals surface area contributed by atoms with Crippen molar-refractivity contribution in [1.29, 1.82) is 0 Å². The lowest BCUT2D eigenvalue weighted by molar-refractivity contribution is 0.102. The van der Waals surface area contributed by atoms with Gasteiger partial charge in [-0.2, -0.15) is 0 Å². The zero-order chi connectivity index (χ0) is 25.0. The number of fused-ring (bicyclic) bond motifs is 1. The summed E-state index contributed by atoms with van der Waals surface area (Å²) in [6.07, 6.45) is 0. The van der Waals surface area contributed by atoms with E-state index in [2.05, 4.69) is 33.7 Å². The molecule has 0 saturated carbocycles.